The van der Waals surface area contributed by atoms with Crippen LogP contribution in [-0.2, 0) is 7.05 Å². The smallest absolute Gasteiger partial charge is 0.0992 e. The van der Waals surface area contributed by atoms with Crippen molar-refractivity contribution in [2.75, 3.05) is 0 Å². The van der Waals surface area contributed by atoms with Gasteiger partial charge in [0.25, 0.3) is 0 Å². The van der Waals surface area contributed by atoms with Crippen LogP contribution in [0.3, 0.4) is 0 Å². The van der Waals surface area contributed by atoms with Crippen LogP contribution >= 0.6 is 0 Å². The summed E-state index contributed by atoms with van der Waals surface area (Å²) in [5, 5.41) is 9.93. The van der Waals surface area contributed by atoms with E-state index in [4.69, 9.17) is 5.26 Å². The first kappa shape index (κ1) is 7.88. The third-order valence-electron chi connectivity index (χ3n) is 2.41. The molecule has 0 atom stereocenters. The van der Waals surface area contributed by atoms with E-state index in [0.29, 0.717) is 5.56 Å². The molecular formula is C11H10N2. The molecule has 2 nitrogen and oxygen atoms in total. The van der Waals surface area contributed by atoms with Gasteiger partial charge < -0.3 is 4.57 Å². The van der Waals surface area contributed by atoms with E-state index in [-0.39, 0.29) is 0 Å². The Kier molecular flexibility index (Phi) is 1.60. The maximum Gasteiger partial charge on any atom is 0.0992 e. The van der Waals surface area contributed by atoms with E-state index in [1.807, 2.05) is 25.2 Å². The molecule has 0 saturated heterocycles. The second-order valence-electron chi connectivity index (χ2n) is 3.23. The monoisotopic (exact) mass is 170 g/mol. The second-order valence-corrected chi connectivity index (χ2v) is 3.23. The van der Waals surface area contributed by atoms with Crippen molar-refractivity contribution in [1.82, 2.24) is 4.57 Å². The first-order chi connectivity index (χ1) is 6.22. The second kappa shape index (κ2) is 2.63. The Labute approximate surface area is 77.0 Å². The fraction of sp³-hybridized carbons (Fsp3) is 0.182. The van der Waals surface area contributed by atoms with Gasteiger partial charge >= 0.3 is 0 Å². The Balaban J connectivity index is 2.84. The average molecular weight is 170 g/mol. The van der Waals surface area contributed by atoms with Crippen molar-refractivity contribution in [1.29, 1.82) is 5.26 Å². The average Bonchev–Trinajstić information content (AvgIpc) is 2.43. The lowest BCUT2D eigenvalue weighted by atomic mass is 10.2. The minimum Gasteiger partial charge on any atom is -0.348 e. The van der Waals surface area contributed by atoms with Gasteiger partial charge in [-0.05, 0) is 30.5 Å². The molecule has 1 aromatic heterocycles. The maximum absolute atomic E-state index is 8.74. The van der Waals surface area contributed by atoms with E-state index in [2.05, 4.69) is 23.6 Å². The molecule has 0 saturated carbocycles. The first-order valence-electron chi connectivity index (χ1n) is 4.18. The van der Waals surface area contributed by atoms with Crippen LogP contribution in [0.4, 0.5) is 0 Å². The maximum atomic E-state index is 8.74. The minimum absolute atomic E-state index is 0.716. The SMILES string of the molecule is Cc1cc2ccc(C#N)cc2n1C. The number of aryl methyl sites for hydroxylation is 2. The first-order valence-corrected chi connectivity index (χ1v) is 4.18. The fourth-order valence-corrected chi connectivity index (χ4v) is 1.54. The zero-order chi connectivity index (χ0) is 9.42. The Morgan fingerprint density at radius 3 is 2.77 bits per heavy atom. The van der Waals surface area contributed by atoms with E-state index in [1.54, 1.807) is 0 Å². The van der Waals surface area contributed by atoms with Gasteiger partial charge in [0.2, 0.25) is 0 Å². The molecular weight excluding hydrogens is 160 g/mol. The molecule has 0 N–H and O–H groups in total. The van der Waals surface area contributed by atoms with Gasteiger partial charge in [-0.2, -0.15) is 5.26 Å². The highest BCUT2D eigenvalue weighted by Gasteiger charge is 2.02. The predicted molar refractivity (Wildman–Crippen MR) is 52.4 cm³/mol. The third-order valence-corrected chi connectivity index (χ3v) is 2.41. The summed E-state index contributed by atoms with van der Waals surface area (Å²) >= 11 is 0. The number of benzene rings is 1. The lowest BCUT2D eigenvalue weighted by Crippen LogP contribution is -1.89. The number of fused-ring (bicyclic) bond motifs is 1. The lowest BCUT2D eigenvalue weighted by Gasteiger charge is -1.97. The number of rotatable bonds is 0. The van der Waals surface area contributed by atoms with Crippen LogP contribution in [0.15, 0.2) is 24.3 Å². The summed E-state index contributed by atoms with van der Waals surface area (Å²) in [6.07, 6.45) is 0. The van der Waals surface area contributed by atoms with Crippen molar-refractivity contribution >= 4 is 10.9 Å². The van der Waals surface area contributed by atoms with Crippen molar-refractivity contribution in [2.45, 2.75) is 6.92 Å². The van der Waals surface area contributed by atoms with E-state index >= 15 is 0 Å². The van der Waals surface area contributed by atoms with Gasteiger partial charge in [-0.15, -0.1) is 0 Å². The molecule has 0 unspecified atom stereocenters. The fourth-order valence-electron chi connectivity index (χ4n) is 1.54. The van der Waals surface area contributed by atoms with Gasteiger partial charge in [-0.1, -0.05) is 6.07 Å². The van der Waals surface area contributed by atoms with Crippen LogP contribution in [0.25, 0.3) is 10.9 Å². The molecule has 0 bridgehead atoms. The predicted octanol–water partition coefficient (Wildman–Crippen LogP) is 2.36. The summed E-state index contributed by atoms with van der Waals surface area (Å²) in [6.45, 7) is 2.06. The van der Waals surface area contributed by atoms with Crippen LogP contribution < -0.4 is 0 Å². The van der Waals surface area contributed by atoms with Crippen LogP contribution in [0, 0.1) is 18.3 Å². The largest absolute Gasteiger partial charge is 0.348 e. The Hall–Kier alpha value is -1.75. The van der Waals surface area contributed by atoms with E-state index in [0.717, 1.165) is 5.52 Å². The van der Waals surface area contributed by atoms with Gasteiger partial charge in [0.15, 0.2) is 0 Å². The van der Waals surface area contributed by atoms with Crippen LogP contribution in [0.5, 0.6) is 0 Å². The Morgan fingerprint density at radius 1 is 1.31 bits per heavy atom. The van der Waals surface area contributed by atoms with Crippen molar-refractivity contribution in [2.24, 2.45) is 7.05 Å². The lowest BCUT2D eigenvalue weighted by molar-refractivity contribution is 0.918. The molecule has 0 spiro atoms. The van der Waals surface area contributed by atoms with Gasteiger partial charge in [-0.3, -0.25) is 0 Å². The summed E-state index contributed by atoms with van der Waals surface area (Å²) in [4.78, 5) is 0. The van der Waals surface area contributed by atoms with E-state index in [9.17, 15) is 0 Å². The highest BCUT2D eigenvalue weighted by molar-refractivity contribution is 5.82. The van der Waals surface area contributed by atoms with Crippen LogP contribution in [-0.4, -0.2) is 4.57 Å². The summed E-state index contributed by atoms with van der Waals surface area (Å²) in [5.74, 6) is 0. The molecule has 13 heavy (non-hydrogen) atoms. The number of nitriles is 1. The quantitative estimate of drug-likeness (QED) is 0.596. The van der Waals surface area contributed by atoms with Crippen molar-refractivity contribution in [3.05, 3.63) is 35.5 Å². The number of nitrogens with zero attached hydrogens (tertiary/aromatic N) is 2. The molecule has 1 heterocycles. The summed E-state index contributed by atoms with van der Waals surface area (Å²) < 4.78 is 2.09. The highest BCUT2D eigenvalue weighted by Crippen LogP contribution is 2.19. The van der Waals surface area contributed by atoms with Gasteiger partial charge in [0.1, 0.15) is 0 Å². The van der Waals surface area contributed by atoms with Gasteiger partial charge in [0, 0.05) is 18.3 Å². The van der Waals surface area contributed by atoms with Gasteiger partial charge in [0.05, 0.1) is 11.6 Å². The molecule has 1 aromatic carbocycles. The molecule has 0 aliphatic carbocycles. The number of hydrogen-bond acceptors (Lipinski definition) is 1. The molecule has 64 valence electrons. The number of hydrogen-bond donors (Lipinski definition) is 0. The third kappa shape index (κ3) is 1.09. The zero-order valence-corrected chi connectivity index (χ0v) is 7.70. The van der Waals surface area contributed by atoms with Crippen molar-refractivity contribution in [3.63, 3.8) is 0 Å². The Bertz CT molecular complexity index is 501. The Morgan fingerprint density at radius 2 is 2.08 bits per heavy atom. The summed E-state index contributed by atoms with van der Waals surface area (Å²) in [6, 6.07) is 10.0. The summed E-state index contributed by atoms with van der Waals surface area (Å²) in [5.41, 5.74) is 3.05. The molecule has 0 fully saturated rings. The van der Waals surface area contributed by atoms with Crippen molar-refractivity contribution < 1.29 is 0 Å². The normalized spacial score (nSPS) is 10.2. The van der Waals surface area contributed by atoms with Gasteiger partial charge in [-0.25, -0.2) is 0 Å². The summed E-state index contributed by atoms with van der Waals surface area (Å²) in [7, 11) is 2.01. The van der Waals surface area contributed by atoms with Crippen LogP contribution in [0.2, 0.25) is 0 Å². The van der Waals surface area contributed by atoms with E-state index < -0.39 is 0 Å². The topological polar surface area (TPSA) is 28.7 Å². The molecule has 2 heteroatoms. The minimum atomic E-state index is 0.716. The molecule has 2 rings (SSSR count). The zero-order valence-electron chi connectivity index (χ0n) is 7.70. The van der Waals surface area contributed by atoms with Crippen molar-refractivity contribution in [3.8, 4) is 6.07 Å². The number of aromatic nitrogens is 1. The standard InChI is InChI=1S/C11H10N2/c1-8-5-10-4-3-9(7-12)6-11(10)13(8)2/h3-6H,1-2H3. The molecule has 0 amide bonds. The molecule has 0 aliphatic rings. The molecule has 0 radical (unpaired) electrons. The highest BCUT2D eigenvalue weighted by atomic mass is 14.9. The molecule has 2 aromatic rings. The van der Waals surface area contributed by atoms with E-state index in [1.165, 1.54) is 11.1 Å². The molecule has 0 aliphatic heterocycles. The van der Waals surface area contributed by atoms with Crippen LogP contribution in [0.1, 0.15) is 11.3 Å².